The van der Waals surface area contributed by atoms with Crippen LogP contribution >= 0.6 is 39.1 Å². The number of nitrogen functional groups attached to an aromatic ring is 1. The lowest BCUT2D eigenvalue weighted by atomic mass is 10.2. The molecular weight excluding hydrogens is 537 g/mol. The van der Waals surface area contributed by atoms with Gasteiger partial charge in [-0.1, -0.05) is 29.3 Å². The number of rotatable bonds is 11. The quantitative estimate of drug-likeness (QED) is 0.299. The van der Waals surface area contributed by atoms with Crippen LogP contribution in [0.4, 0.5) is 5.82 Å². The number of carbonyl (C=O) groups excluding carboxylic acids is 1. The molecular formula is C21H22BrCl2N5O4. The Morgan fingerprint density at radius 2 is 1.94 bits per heavy atom. The maximum Gasteiger partial charge on any atom is 0.277 e. The number of nitrogens with one attached hydrogen (secondary N) is 2. The first-order chi connectivity index (χ1) is 15.9. The largest absolute Gasteiger partial charge is 0.490 e. The minimum Gasteiger partial charge on any atom is -0.490 e. The second-order valence-electron chi connectivity index (χ2n) is 6.76. The fourth-order valence-corrected chi connectivity index (χ4v) is 3.99. The Labute approximate surface area is 209 Å². The Morgan fingerprint density at radius 3 is 2.61 bits per heavy atom. The number of ether oxygens (including phenoxy) is 2. The summed E-state index contributed by atoms with van der Waals surface area (Å²) < 4.78 is 16.9. The van der Waals surface area contributed by atoms with Gasteiger partial charge in [-0.2, -0.15) is 0 Å². The van der Waals surface area contributed by atoms with Gasteiger partial charge in [-0.3, -0.25) is 4.79 Å². The van der Waals surface area contributed by atoms with Crippen LogP contribution in [0.3, 0.4) is 0 Å². The van der Waals surface area contributed by atoms with Crippen LogP contribution in [-0.2, 0) is 13.2 Å². The van der Waals surface area contributed by atoms with Gasteiger partial charge in [0.25, 0.3) is 5.91 Å². The Bertz CT molecular complexity index is 1090. The lowest BCUT2D eigenvalue weighted by molar-refractivity contribution is 0.0944. The van der Waals surface area contributed by atoms with Crippen LogP contribution in [0.5, 0.6) is 11.5 Å². The smallest absolute Gasteiger partial charge is 0.277 e. The minimum absolute atomic E-state index is 0.0334. The van der Waals surface area contributed by atoms with Crippen molar-refractivity contribution in [1.29, 1.82) is 0 Å². The number of hydrogen-bond donors (Lipinski definition) is 3. The summed E-state index contributed by atoms with van der Waals surface area (Å²) in [4.78, 5) is 11.9. The SMILES string of the molecule is CCOc1cc(CNCCNC(=O)c2nonc2N)cc(Br)c1OCc1c(Cl)cccc1Cl. The van der Waals surface area contributed by atoms with E-state index in [0.717, 1.165) is 10.0 Å². The molecule has 3 rings (SSSR count). The summed E-state index contributed by atoms with van der Waals surface area (Å²) in [7, 11) is 0. The van der Waals surface area contributed by atoms with Crippen molar-refractivity contribution in [2.24, 2.45) is 0 Å². The molecule has 0 saturated carbocycles. The van der Waals surface area contributed by atoms with Gasteiger partial charge < -0.3 is 25.8 Å². The van der Waals surface area contributed by atoms with Crippen molar-refractivity contribution in [2.45, 2.75) is 20.1 Å². The number of halogens is 3. The van der Waals surface area contributed by atoms with E-state index < -0.39 is 5.91 Å². The predicted molar refractivity (Wildman–Crippen MR) is 129 cm³/mol. The van der Waals surface area contributed by atoms with Gasteiger partial charge in [0, 0.05) is 35.2 Å². The highest BCUT2D eigenvalue weighted by atomic mass is 79.9. The standard InChI is InChI=1S/C21H22BrCl2N5O4/c1-2-31-17-9-12(10-26-6-7-27-21(30)18-20(25)29-33-28-18)8-14(22)19(17)32-11-13-15(23)4-3-5-16(13)24/h3-5,8-9,26H,2,6-7,10-11H2,1H3,(H2,25,29)(H,27,30). The lowest BCUT2D eigenvalue weighted by Gasteiger charge is -2.17. The molecule has 2 aromatic carbocycles. The Hall–Kier alpha value is -2.53. The summed E-state index contributed by atoms with van der Waals surface area (Å²) in [6.45, 7) is 3.98. The molecule has 0 bridgehead atoms. The molecule has 0 aliphatic carbocycles. The zero-order chi connectivity index (χ0) is 23.8. The van der Waals surface area contributed by atoms with Gasteiger partial charge in [0.15, 0.2) is 11.5 Å². The third-order valence-corrected chi connectivity index (χ3v) is 5.73. The topological polar surface area (TPSA) is 125 Å². The molecule has 0 aliphatic rings. The van der Waals surface area contributed by atoms with Crippen molar-refractivity contribution in [3.63, 3.8) is 0 Å². The molecule has 176 valence electrons. The van der Waals surface area contributed by atoms with Gasteiger partial charge >= 0.3 is 0 Å². The first kappa shape index (κ1) is 25.1. The number of amides is 1. The molecule has 4 N–H and O–H groups in total. The highest BCUT2D eigenvalue weighted by Gasteiger charge is 2.16. The number of aromatic nitrogens is 2. The van der Waals surface area contributed by atoms with Crippen molar-refractivity contribution >= 4 is 50.9 Å². The molecule has 3 aromatic rings. The van der Waals surface area contributed by atoms with Gasteiger partial charge in [-0.25, -0.2) is 4.63 Å². The highest BCUT2D eigenvalue weighted by Crippen LogP contribution is 2.38. The second-order valence-corrected chi connectivity index (χ2v) is 8.43. The molecule has 0 atom stereocenters. The van der Waals surface area contributed by atoms with E-state index in [9.17, 15) is 4.79 Å². The molecule has 1 heterocycles. The van der Waals surface area contributed by atoms with E-state index in [2.05, 4.69) is 41.5 Å². The Kier molecular flexibility index (Phi) is 9.19. The zero-order valence-electron chi connectivity index (χ0n) is 17.7. The van der Waals surface area contributed by atoms with E-state index in [1.54, 1.807) is 18.2 Å². The van der Waals surface area contributed by atoms with Gasteiger partial charge in [0.2, 0.25) is 11.5 Å². The minimum atomic E-state index is -0.447. The average Bonchev–Trinajstić information content (AvgIpc) is 3.20. The molecule has 0 saturated heterocycles. The monoisotopic (exact) mass is 557 g/mol. The molecule has 1 aromatic heterocycles. The molecule has 12 heteroatoms. The van der Waals surface area contributed by atoms with Crippen LogP contribution < -0.4 is 25.8 Å². The van der Waals surface area contributed by atoms with Crippen LogP contribution in [0.15, 0.2) is 39.4 Å². The molecule has 0 spiro atoms. The first-order valence-electron chi connectivity index (χ1n) is 9.98. The van der Waals surface area contributed by atoms with Crippen molar-refractivity contribution in [1.82, 2.24) is 20.9 Å². The van der Waals surface area contributed by atoms with Gasteiger partial charge in [-0.15, -0.1) is 0 Å². The van der Waals surface area contributed by atoms with Gasteiger partial charge in [0.1, 0.15) is 6.61 Å². The van der Waals surface area contributed by atoms with Crippen LogP contribution in [-0.4, -0.2) is 35.9 Å². The Morgan fingerprint density at radius 1 is 1.18 bits per heavy atom. The van der Waals surface area contributed by atoms with Crippen molar-refractivity contribution < 1.29 is 18.9 Å². The van der Waals surface area contributed by atoms with E-state index in [-0.39, 0.29) is 18.1 Å². The van der Waals surface area contributed by atoms with Gasteiger partial charge in [0.05, 0.1) is 11.1 Å². The maximum absolute atomic E-state index is 11.9. The van der Waals surface area contributed by atoms with E-state index in [1.165, 1.54) is 0 Å². The predicted octanol–water partition coefficient (Wildman–Crippen LogP) is 4.22. The molecule has 0 unspecified atom stereocenters. The first-order valence-corrected chi connectivity index (χ1v) is 11.5. The fourth-order valence-electron chi connectivity index (χ4n) is 2.87. The summed E-state index contributed by atoms with van der Waals surface area (Å²) in [6, 6.07) is 9.13. The third kappa shape index (κ3) is 6.73. The van der Waals surface area contributed by atoms with E-state index in [4.69, 9.17) is 38.4 Å². The fraction of sp³-hybridized carbons (Fsp3) is 0.286. The highest BCUT2D eigenvalue weighted by molar-refractivity contribution is 9.10. The summed E-state index contributed by atoms with van der Waals surface area (Å²) in [5.74, 6) is 0.654. The van der Waals surface area contributed by atoms with Crippen molar-refractivity contribution in [2.75, 3.05) is 25.4 Å². The number of hydrogen-bond acceptors (Lipinski definition) is 8. The normalized spacial score (nSPS) is 10.8. The summed E-state index contributed by atoms with van der Waals surface area (Å²) in [5, 5.41) is 13.8. The lowest BCUT2D eigenvalue weighted by Crippen LogP contribution is -2.32. The average molecular weight is 559 g/mol. The summed E-state index contributed by atoms with van der Waals surface area (Å²) >= 11 is 16.0. The zero-order valence-corrected chi connectivity index (χ0v) is 20.8. The number of nitrogens with zero attached hydrogens (tertiary/aromatic N) is 2. The van der Waals surface area contributed by atoms with Crippen LogP contribution in [0.25, 0.3) is 0 Å². The Balaban J connectivity index is 1.57. The molecule has 9 nitrogen and oxygen atoms in total. The third-order valence-electron chi connectivity index (χ3n) is 4.44. The molecule has 0 radical (unpaired) electrons. The molecule has 0 aliphatic heterocycles. The summed E-state index contributed by atoms with van der Waals surface area (Å²) in [5.41, 5.74) is 7.13. The molecule has 0 fully saturated rings. The van der Waals surface area contributed by atoms with Crippen molar-refractivity contribution in [3.05, 3.63) is 61.7 Å². The summed E-state index contributed by atoms with van der Waals surface area (Å²) in [6.07, 6.45) is 0. The number of carbonyl (C=O) groups is 1. The number of anilines is 1. The van der Waals surface area contributed by atoms with Gasteiger partial charge in [-0.05, 0) is 63.0 Å². The van der Waals surface area contributed by atoms with E-state index in [1.807, 2.05) is 19.1 Å². The number of benzene rings is 2. The maximum atomic E-state index is 11.9. The van der Waals surface area contributed by atoms with Crippen molar-refractivity contribution in [3.8, 4) is 11.5 Å². The number of nitrogens with two attached hydrogens (primary N) is 1. The van der Waals surface area contributed by atoms with Crippen LogP contribution in [0.1, 0.15) is 28.5 Å². The molecule has 1 amide bonds. The van der Waals surface area contributed by atoms with E-state index >= 15 is 0 Å². The van der Waals surface area contributed by atoms with E-state index in [0.29, 0.717) is 53.3 Å². The van der Waals surface area contributed by atoms with Crippen LogP contribution in [0, 0.1) is 0 Å². The second kappa shape index (κ2) is 12.1. The van der Waals surface area contributed by atoms with Crippen LogP contribution in [0.2, 0.25) is 10.0 Å². The molecule has 33 heavy (non-hydrogen) atoms.